The van der Waals surface area contributed by atoms with E-state index in [0.29, 0.717) is 5.69 Å². The second-order valence-electron chi connectivity index (χ2n) is 6.78. The third kappa shape index (κ3) is 4.62. The fourth-order valence-electron chi connectivity index (χ4n) is 2.21. The maximum atomic E-state index is 12.3. The molecule has 0 bridgehead atoms. The molecule has 25 heavy (non-hydrogen) atoms. The molecule has 0 aliphatic heterocycles. The summed E-state index contributed by atoms with van der Waals surface area (Å²) in [6.07, 6.45) is 0. The molecule has 1 N–H and O–H groups in total. The minimum absolute atomic E-state index is 0.0387. The number of esters is 1. The van der Waals surface area contributed by atoms with Gasteiger partial charge in [0, 0.05) is 11.1 Å². The fraction of sp³-hybridized carbons (Fsp3) is 0.368. The van der Waals surface area contributed by atoms with Gasteiger partial charge in [-0.05, 0) is 30.2 Å². The van der Waals surface area contributed by atoms with Crippen LogP contribution < -0.4 is 0 Å². The molecule has 2 rings (SSSR count). The Morgan fingerprint density at radius 1 is 1.08 bits per heavy atom. The molecule has 0 atom stereocenters. The van der Waals surface area contributed by atoms with E-state index in [2.05, 4.69) is 9.97 Å². The molecule has 0 unspecified atom stereocenters. The lowest BCUT2D eigenvalue weighted by Crippen LogP contribution is -2.28. The number of pyridine rings is 2. The number of carbonyl (C=O) groups excluding carboxylic acids is 1. The van der Waals surface area contributed by atoms with Gasteiger partial charge in [0.25, 0.3) is 0 Å². The Hall–Kier alpha value is -2.76. The van der Waals surface area contributed by atoms with Crippen LogP contribution in [0.15, 0.2) is 36.4 Å². The number of carboxylic acid groups (broad SMARTS) is 1. The number of carbonyl (C=O) groups is 2. The van der Waals surface area contributed by atoms with E-state index in [9.17, 15) is 9.59 Å². The SMILES string of the molecule is CC(C)c1cccc(C(=O)OCC(C)(C)c2cccc(C(=O)O)n2)n1. The molecule has 2 heterocycles. The zero-order valence-corrected chi connectivity index (χ0v) is 14.8. The van der Waals surface area contributed by atoms with Crippen LogP contribution in [0.4, 0.5) is 0 Å². The second kappa shape index (κ2) is 7.42. The maximum absolute atomic E-state index is 12.3. The van der Waals surface area contributed by atoms with Crippen molar-refractivity contribution in [2.45, 2.75) is 39.0 Å². The minimum Gasteiger partial charge on any atom is -0.477 e. The third-order valence-electron chi connectivity index (χ3n) is 3.80. The first-order valence-electron chi connectivity index (χ1n) is 8.05. The Kier molecular flexibility index (Phi) is 5.51. The van der Waals surface area contributed by atoms with Crippen LogP contribution in [0.25, 0.3) is 0 Å². The third-order valence-corrected chi connectivity index (χ3v) is 3.80. The summed E-state index contributed by atoms with van der Waals surface area (Å²) in [6, 6.07) is 10.0. The van der Waals surface area contributed by atoms with Crippen LogP contribution in [-0.2, 0) is 10.2 Å². The Labute approximate surface area is 146 Å². The molecule has 2 aromatic rings. The lowest BCUT2D eigenvalue weighted by molar-refractivity contribution is 0.0415. The summed E-state index contributed by atoms with van der Waals surface area (Å²) in [5.41, 5.74) is 0.961. The van der Waals surface area contributed by atoms with Gasteiger partial charge >= 0.3 is 11.9 Å². The van der Waals surface area contributed by atoms with Crippen molar-refractivity contribution in [3.63, 3.8) is 0 Å². The molecule has 6 heteroatoms. The Bertz CT molecular complexity index is 784. The van der Waals surface area contributed by atoms with E-state index in [0.717, 1.165) is 5.69 Å². The molecule has 0 saturated heterocycles. The summed E-state index contributed by atoms with van der Waals surface area (Å²) >= 11 is 0. The van der Waals surface area contributed by atoms with Gasteiger partial charge < -0.3 is 9.84 Å². The average molecular weight is 342 g/mol. The predicted octanol–water partition coefficient (Wildman–Crippen LogP) is 3.43. The first-order valence-corrected chi connectivity index (χ1v) is 8.05. The van der Waals surface area contributed by atoms with Crippen molar-refractivity contribution >= 4 is 11.9 Å². The summed E-state index contributed by atoms with van der Waals surface area (Å²) < 4.78 is 5.39. The second-order valence-corrected chi connectivity index (χ2v) is 6.78. The van der Waals surface area contributed by atoms with E-state index in [1.165, 1.54) is 6.07 Å². The largest absolute Gasteiger partial charge is 0.477 e. The Morgan fingerprint density at radius 3 is 2.36 bits per heavy atom. The number of nitrogens with zero attached hydrogens (tertiary/aromatic N) is 2. The molecule has 2 aromatic heterocycles. The number of hydrogen-bond donors (Lipinski definition) is 1. The van der Waals surface area contributed by atoms with Crippen molar-refractivity contribution in [1.29, 1.82) is 0 Å². The van der Waals surface area contributed by atoms with E-state index in [-0.39, 0.29) is 23.9 Å². The van der Waals surface area contributed by atoms with Gasteiger partial charge in [-0.25, -0.2) is 19.6 Å². The molecule has 0 aromatic carbocycles. The summed E-state index contributed by atoms with van der Waals surface area (Å²) in [5, 5.41) is 9.06. The normalized spacial score (nSPS) is 11.4. The Balaban J connectivity index is 2.11. The summed E-state index contributed by atoms with van der Waals surface area (Å²) in [7, 11) is 0. The lowest BCUT2D eigenvalue weighted by Gasteiger charge is -2.23. The van der Waals surface area contributed by atoms with E-state index >= 15 is 0 Å². The minimum atomic E-state index is -1.09. The smallest absolute Gasteiger partial charge is 0.356 e. The number of aromatic nitrogens is 2. The summed E-state index contributed by atoms with van der Waals surface area (Å²) in [5.74, 6) is -1.39. The molecule has 0 saturated carbocycles. The number of aromatic carboxylic acids is 1. The van der Waals surface area contributed by atoms with Gasteiger partial charge in [-0.1, -0.05) is 39.8 Å². The average Bonchev–Trinajstić information content (AvgIpc) is 2.60. The number of rotatable bonds is 6. The number of ether oxygens (including phenoxy) is 1. The van der Waals surface area contributed by atoms with Crippen LogP contribution in [0.3, 0.4) is 0 Å². The molecule has 0 aliphatic rings. The molecule has 6 nitrogen and oxygen atoms in total. The lowest BCUT2D eigenvalue weighted by atomic mass is 9.89. The molecule has 132 valence electrons. The van der Waals surface area contributed by atoms with E-state index in [4.69, 9.17) is 9.84 Å². The van der Waals surface area contributed by atoms with Crippen LogP contribution in [0.5, 0.6) is 0 Å². The zero-order valence-electron chi connectivity index (χ0n) is 14.8. The van der Waals surface area contributed by atoms with E-state index < -0.39 is 17.4 Å². The van der Waals surface area contributed by atoms with Crippen molar-refractivity contribution < 1.29 is 19.4 Å². The first kappa shape index (κ1) is 18.6. The molecule has 0 radical (unpaired) electrons. The van der Waals surface area contributed by atoms with Crippen molar-refractivity contribution in [1.82, 2.24) is 9.97 Å². The highest BCUT2D eigenvalue weighted by Gasteiger charge is 2.26. The zero-order chi connectivity index (χ0) is 18.6. The van der Waals surface area contributed by atoms with Crippen LogP contribution in [0.1, 0.15) is 66.0 Å². The molecular formula is C19H22N2O4. The quantitative estimate of drug-likeness (QED) is 0.809. The summed E-state index contributed by atoms with van der Waals surface area (Å²) in [4.78, 5) is 31.8. The highest BCUT2D eigenvalue weighted by atomic mass is 16.5. The highest BCUT2D eigenvalue weighted by molar-refractivity contribution is 5.87. The van der Waals surface area contributed by atoms with Gasteiger partial charge in [-0.2, -0.15) is 0 Å². The summed E-state index contributed by atoms with van der Waals surface area (Å²) in [6.45, 7) is 7.75. The monoisotopic (exact) mass is 342 g/mol. The molecular weight excluding hydrogens is 320 g/mol. The molecule has 0 fully saturated rings. The topological polar surface area (TPSA) is 89.4 Å². The van der Waals surface area contributed by atoms with Crippen molar-refractivity contribution in [2.24, 2.45) is 0 Å². The van der Waals surface area contributed by atoms with Crippen LogP contribution in [0, 0.1) is 0 Å². The highest BCUT2D eigenvalue weighted by Crippen LogP contribution is 2.22. The van der Waals surface area contributed by atoms with Crippen LogP contribution in [-0.4, -0.2) is 33.6 Å². The van der Waals surface area contributed by atoms with Gasteiger partial charge in [0.05, 0.1) is 5.69 Å². The van der Waals surface area contributed by atoms with Gasteiger partial charge in [0.15, 0.2) is 0 Å². The first-order chi connectivity index (χ1) is 11.7. The van der Waals surface area contributed by atoms with E-state index in [1.54, 1.807) is 24.3 Å². The van der Waals surface area contributed by atoms with Crippen LogP contribution in [0.2, 0.25) is 0 Å². The van der Waals surface area contributed by atoms with E-state index in [1.807, 2.05) is 33.8 Å². The number of hydrogen-bond acceptors (Lipinski definition) is 5. The van der Waals surface area contributed by atoms with Crippen molar-refractivity contribution in [3.8, 4) is 0 Å². The molecule has 0 aliphatic carbocycles. The maximum Gasteiger partial charge on any atom is 0.356 e. The Morgan fingerprint density at radius 2 is 1.72 bits per heavy atom. The van der Waals surface area contributed by atoms with Gasteiger partial charge in [-0.15, -0.1) is 0 Å². The fourth-order valence-corrected chi connectivity index (χ4v) is 2.21. The van der Waals surface area contributed by atoms with Gasteiger partial charge in [-0.3, -0.25) is 0 Å². The van der Waals surface area contributed by atoms with Crippen molar-refractivity contribution in [2.75, 3.05) is 6.61 Å². The number of carboxylic acids is 1. The van der Waals surface area contributed by atoms with Crippen LogP contribution >= 0.6 is 0 Å². The van der Waals surface area contributed by atoms with Gasteiger partial charge in [0.2, 0.25) is 0 Å². The predicted molar refractivity (Wildman–Crippen MR) is 92.8 cm³/mol. The standard InChI is InChI=1S/C19H22N2O4/c1-12(2)13-7-5-9-15(20-13)18(24)25-11-19(3,4)16-10-6-8-14(21-16)17(22)23/h5-10,12H,11H2,1-4H3,(H,22,23). The molecule has 0 spiro atoms. The molecule has 0 amide bonds. The van der Waals surface area contributed by atoms with Crippen molar-refractivity contribution in [3.05, 3.63) is 59.2 Å². The van der Waals surface area contributed by atoms with Gasteiger partial charge in [0.1, 0.15) is 18.0 Å².